The van der Waals surface area contributed by atoms with Gasteiger partial charge in [-0.15, -0.1) is 0 Å². The third-order valence-corrected chi connectivity index (χ3v) is 3.69. The normalized spacial score (nSPS) is 10.7. The Morgan fingerprint density at radius 3 is 2.70 bits per heavy atom. The highest BCUT2D eigenvalue weighted by atomic mass is 35.5. The summed E-state index contributed by atoms with van der Waals surface area (Å²) in [4.78, 5) is 10.8. The van der Waals surface area contributed by atoms with Crippen molar-refractivity contribution in [2.24, 2.45) is 5.73 Å². The zero-order chi connectivity index (χ0) is 16.8. The van der Waals surface area contributed by atoms with Crippen molar-refractivity contribution >= 4 is 23.6 Å². The lowest BCUT2D eigenvalue weighted by atomic mass is 10.1. The predicted octanol–water partition coefficient (Wildman–Crippen LogP) is 3.73. The molecule has 0 aliphatic carbocycles. The van der Waals surface area contributed by atoms with Crippen molar-refractivity contribution in [3.63, 3.8) is 0 Å². The Bertz CT molecular complexity index is 741. The molecule has 0 spiro atoms. The summed E-state index contributed by atoms with van der Waals surface area (Å²) >= 11 is 6.01. The van der Waals surface area contributed by atoms with Gasteiger partial charge in [-0.25, -0.2) is 0 Å². The highest BCUT2D eigenvalue weighted by Gasteiger charge is 2.06. The molecule has 0 saturated heterocycles. The van der Waals surface area contributed by atoms with Crippen LogP contribution in [-0.4, -0.2) is 13.0 Å². The number of carbonyl (C=O) groups is 1. The van der Waals surface area contributed by atoms with Gasteiger partial charge >= 0.3 is 0 Å². The second-order valence-corrected chi connectivity index (χ2v) is 5.41. The summed E-state index contributed by atoms with van der Waals surface area (Å²) in [6.07, 6.45) is 2.96. The van der Waals surface area contributed by atoms with Crippen molar-refractivity contribution in [2.45, 2.75) is 13.5 Å². The van der Waals surface area contributed by atoms with Gasteiger partial charge in [-0.3, -0.25) is 4.79 Å². The van der Waals surface area contributed by atoms with Crippen LogP contribution in [0.2, 0.25) is 5.02 Å². The number of carbonyl (C=O) groups excluding carboxylic acids is 1. The molecule has 0 saturated carbocycles. The summed E-state index contributed by atoms with van der Waals surface area (Å²) in [6.45, 7) is 2.26. The van der Waals surface area contributed by atoms with Gasteiger partial charge in [-0.2, -0.15) is 0 Å². The summed E-state index contributed by atoms with van der Waals surface area (Å²) in [5, 5.41) is 0.702. The van der Waals surface area contributed by atoms with E-state index in [1.165, 1.54) is 6.08 Å². The van der Waals surface area contributed by atoms with E-state index < -0.39 is 5.91 Å². The van der Waals surface area contributed by atoms with E-state index in [1.54, 1.807) is 19.3 Å². The van der Waals surface area contributed by atoms with E-state index in [1.807, 2.05) is 37.3 Å². The molecule has 4 nitrogen and oxygen atoms in total. The molecule has 2 rings (SSSR count). The van der Waals surface area contributed by atoms with Gasteiger partial charge in [0.1, 0.15) is 18.1 Å². The molecule has 0 atom stereocenters. The fourth-order valence-corrected chi connectivity index (χ4v) is 2.18. The zero-order valence-electron chi connectivity index (χ0n) is 13.0. The van der Waals surface area contributed by atoms with Crippen LogP contribution in [0.5, 0.6) is 11.5 Å². The van der Waals surface area contributed by atoms with Crippen LogP contribution in [0.1, 0.15) is 16.7 Å². The molecule has 2 N–H and O–H groups in total. The molecule has 0 aliphatic rings. The maximum Gasteiger partial charge on any atom is 0.241 e. The monoisotopic (exact) mass is 331 g/mol. The van der Waals surface area contributed by atoms with E-state index >= 15 is 0 Å². The Morgan fingerprint density at radius 2 is 2.04 bits per heavy atom. The van der Waals surface area contributed by atoms with Crippen molar-refractivity contribution in [1.82, 2.24) is 0 Å². The van der Waals surface area contributed by atoms with Gasteiger partial charge in [0.05, 0.1) is 7.11 Å². The van der Waals surface area contributed by atoms with E-state index in [-0.39, 0.29) is 0 Å². The third kappa shape index (κ3) is 4.76. The van der Waals surface area contributed by atoms with Crippen molar-refractivity contribution in [2.75, 3.05) is 7.11 Å². The minimum atomic E-state index is -0.491. The number of ether oxygens (including phenoxy) is 2. The van der Waals surface area contributed by atoms with E-state index in [0.717, 1.165) is 22.4 Å². The topological polar surface area (TPSA) is 61.5 Å². The molecule has 0 aliphatic heterocycles. The predicted molar refractivity (Wildman–Crippen MR) is 91.7 cm³/mol. The minimum Gasteiger partial charge on any atom is -0.496 e. The van der Waals surface area contributed by atoms with Gasteiger partial charge < -0.3 is 15.2 Å². The zero-order valence-corrected chi connectivity index (χ0v) is 13.8. The molecule has 0 unspecified atom stereocenters. The van der Waals surface area contributed by atoms with Crippen LogP contribution >= 0.6 is 11.6 Å². The summed E-state index contributed by atoms with van der Waals surface area (Å²) in [5.74, 6) is 0.953. The third-order valence-electron chi connectivity index (χ3n) is 3.27. The first-order valence-electron chi connectivity index (χ1n) is 7.03. The van der Waals surface area contributed by atoms with Gasteiger partial charge in [-0.1, -0.05) is 17.7 Å². The second kappa shape index (κ2) is 7.70. The van der Waals surface area contributed by atoms with Crippen LogP contribution in [0.15, 0.2) is 42.5 Å². The number of primary amides is 1. The van der Waals surface area contributed by atoms with E-state index in [0.29, 0.717) is 17.4 Å². The lowest BCUT2D eigenvalue weighted by Crippen LogP contribution is -2.05. The number of hydrogen-bond acceptors (Lipinski definition) is 3. The average Bonchev–Trinajstić information content (AvgIpc) is 2.54. The van der Waals surface area contributed by atoms with Gasteiger partial charge in [0.25, 0.3) is 0 Å². The van der Waals surface area contributed by atoms with Crippen LogP contribution < -0.4 is 15.2 Å². The van der Waals surface area contributed by atoms with Crippen molar-refractivity contribution in [3.8, 4) is 11.5 Å². The van der Waals surface area contributed by atoms with Crippen molar-refractivity contribution < 1.29 is 14.3 Å². The molecule has 2 aromatic carbocycles. The Balaban J connectivity index is 2.18. The lowest BCUT2D eigenvalue weighted by Gasteiger charge is -2.12. The maximum absolute atomic E-state index is 10.8. The van der Waals surface area contributed by atoms with Crippen LogP contribution in [0.3, 0.4) is 0 Å². The first-order chi connectivity index (χ1) is 11.0. The number of benzene rings is 2. The quantitative estimate of drug-likeness (QED) is 0.820. The molecule has 5 heteroatoms. The SMILES string of the molecule is COc1ccc(/C=C\C(N)=O)cc1COc1ccc(Cl)c(C)c1. The van der Waals surface area contributed by atoms with Crippen molar-refractivity contribution in [3.05, 3.63) is 64.2 Å². The van der Waals surface area contributed by atoms with E-state index in [4.69, 9.17) is 26.8 Å². The molecule has 0 radical (unpaired) electrons. The lowest BCUT2D eigenvalue weighted by molar-refractivity contribution is -0.113. The Morgan fingerprint density at radius 1 is 1.26 bits per heavy atom. The Labute approximate surface area is 140 Å². The standard InChI is InChI=1S/C18H18ClNO3/c1-12-9-15(5-6-16(12)19)23-11-14-10-13(4-8-18(20)21)3-7-17(14)22-2/h3-10H,11H2,1-2H3,(H2,20,21)/b8-4-. The largest absolute Gasteiger partial charge is 0.496 e. The molecule has 120 valence electrons. The molecule has 1 amide bonds. The molecule has 23 heavy (non-hydrogen) atoms. The van der Waals surface area contributed by atoms with Crippen LogP contribution in [0.4, 0.5) is 0 Å². The molecule has 2 aromatic rings. The molecule has 0 aromatic heterocycles. The van der Waals surface area contributed by atoms with Crippen LogP contribution in [-0.2, 0) is 11.4 Å². The summed E-state index contributed by atoms with van der Waals surface area (Å²) in [7, 11) is 1.60. The van der Waals surface area contributed by atoms with Crippen molar-refractivity contribution in [1.29, 1.82) is 0 Å². The van der Waals surface area contributed by atoms with Gasteiger partial charge in [0.2, 0.25) is 5.91 Å². The first-order valence-corrected chi connectivity index (χ1v) is 7.41. The highest BCUT2D eigenvalue weighted by molar-refractivity contribution is 6.31. The number of rotatable bonds is 6. The summed E-state index contributed by atoms with van der Waals surface area (Å²) in [5.41, 5.74) is 7.77. The fraction of sp³-hybridized carbons (Fsp3) is 0.167. The highest BCUT2D eigenvalue weighted by Crippen LogP contribution is 2.25. The van der Waals surface area contributed by atoms with E-state index in [9.17, 15) is 4.79 Å². The van der Waals surface area contributed by atoms with Gasteiger partial charge in [-0.05, 0) is 54.5 Å². The number of amides is 1. The maximum atomic E-state index is 10.8. The molecule has 0 heterocycles. The fourth-order valence-electron chi connectivity index (χ4n) is 2.06. The first kappa shape index (κ1) is 16.9. The average molecular weight is 332 g/mol. The van der Waals surface area contributed by atoms with Crippen LogP contribution in [0, 0.1) is 6.92 Å². The van der Waals surface area contributed by atoms with Crippen LogP contribution in [0.25, 0.3) is 6.08 Å². The Hall–Kier alpha value is -2.46. The smallest absolute Gasteiger partial charge is 0.241 e. The number of halogens is 1. The number of aryl methyl sites for hydroxylation is 1. The van der Waals surface area contributed by atoms with Gasteiger partial charge in [0.15, 0.2) is 0 Å². The molecule has 0 bridgehead atoms. The number of methoxy groups -OCH3 is 1. The number of hydrogen-bond donors (Lipinski definition) is 1. The number of nitrogens with two attached hydrogens (primary N) is 1. The molecule has 0 fully saturated rings. The van der Waals surface area contributed by atoms with Gasteiger partial charge in [0, 0.05) is 16.7 Å². The second-order valence-electron chi connectivity index (χ2n) is 5.01. The summed E-state index contributed by atoms with van der Waals surface area (Å²) < 4.78 is 11.1. The minimum absolute atomic E-state index is 0.336. The molecular formula is C18H18ClNO3. The molecular weight excluding hydrogens is 314 g/mol. The summed E-state index contributed by atoms with van der Waals surface area (Å²) in [6, 6.07) is 11.1. The Kier molecular flexibility index (Phi) is 5.66. The van der Waals surface area contributed by atoms with E-state index in [2.05, 4.69) is 0 Å².